The predicted molar refractivity (Wildman–Crippen MR) is 87.4 cm³/mol. The minimum absolute atomic E-state index is 0.0869. The van der Waals surface area contributed by atoms with Crippen LogP contribution in [0.5, 0.6) is 0 Å². The van der Waals surface area contributed by atoms with E-state index in [1.54, 1.807) is 17.0 Å². The van der Waals surface area contributed by atoms with E-state index in [0.717, 1.165) is 5.69 Å². The summed E-state index contributed by atoms with van der Waals surface area (Å²) in [4.78, 5) is 20.5. The maximum Gasteiger partial charge on any atom is 0.258 e. The van der Waals surface area contributed by atoms with Gasteiger partial charge in [-0.1, -0.05) is 29.8 Å². The van der Waals surface area contributed by atoms with Crippen molar-refractivity contribution in [2.75, 3.05) is 30.4 Å². The second-order valence-electron chi connectivity index (χ2n) is 4.82. The molecular formula is C16H18ClN3O. The lowest BCUT2D eigenvalue weighted by Crippen LogP contribution is -2.30. The van der Waals surface area contributed by atoms with Crippen LogP contribution in [0, 0.1) is 0 Å². The molecule has 1 aromatic carbocycles. The van der Waals surface area contributed by atoms with E-state index in [1.165, 1.54) is 0 Å². The van der Waals surface area contributed by atoms with Crippen LogP contribution in [0.1, 0.15) is 17.3 Å². The van der Waals surface area contributed by atoms with Gasteiger partial charge < -0.3 is 9.80 Å². The minimum atomic E-state index is -0.0869. The molecule has 0 radical (unpaired) electrons. The van der Waals surface area contributed by atoms with Crippen molar-refractivity contribution in [2.45, 2.75) is 6.92 Å². The molecule has 1 heterocycles. The van der Waals surface area contributed by atoms with E-state index >= 15 is 0 Å². The van der Waals surface area contributed by atoms with Gasteiger partial charge in [-0.05, 0) is 31.2 Å². The second kappa shape index (κ2) is 6.59. The van der Waals surface area contributed by atoms with E-state index in [1.807, 2.05) is 56.3 Å². The summed E-state index contributed by atoms with van der Waals surface area (Å²) < 4.78 is 0. The van der Waals surface area contributed by atoms with Gasteiger partial charge in [0, 0.05) is 31.9 Å². The fraction of sp³-hybridized carbons (Fsp3) is 0.250. The molecule has 0 saturated carbocycles. The van der Waals surface area contributed by atoms with Crippen LogP contribution in [-0.4, -0.2) is 31.5 Å². The third-order valence-electron chi connectivity index (χ3n) is 3.11. The number of amides is 1. The Morgan fingerprint density at radius 1 is 1.19 bits per heavy atom. The van der Waals surface area contributed by atoms with E-state index in [9.17, 15) is 4.79 Å². The number of carbonyl (C=O) groups excluding carboxylic acids is 1. The molecule has 2 aromatic rings. The summed E-state index contributed by atoms with van der Waals surface area (Å²) >= 11 is 6.02. The molecule has 21 heavy (non-hydrogen) atoms. The van der Waals surface area contributed by atoms with Crippen molar-refractivity contribution in [3.05, 3.63) is 53.2 Å². The third-order valence-corrected chi connectivity index (χ3v) is 3.31. The molecule has 0 saturated heterocycles. The zero-order valence-corrected chi connectivity index (χ0v) is 13.1. The zero-order valence-electron chi connectivity index (χ0n) is 12.4. The summed E-state index contributed by atoms with van der Waals surface area (Å²) in [7, 11) is 3.73. The van der Waals surface area contributed by atoms with E-state index in [4.69, 9.17) is 11.6 Å². The fourth-order valence-electron chi connectivity index (χ4n) is 2.04. The highest BCUT2D eigenvalue weighted by atomic mass is 35.5. The molecule has 0 unspecified atom stereocenters. The Kier molecular flexibility index (Phi) is 4.81. The standard InChI is InChI=1S/C16H18ClN3O/c1-4-20(13-8-6-5-7-9-13)16(21)12-10-14(17)18-15(11-12)19(2)3/h5-11H,4H2,1-3H3. The Bertz CT molecular complexity index is 629. The molecule has 0 spiro atoms. The number of hydrogen-bond acceptors (Lipinski definition) is 3. The summed E-state index contributed by atoms with van der Waals surface area (Å²) in [6, 6.07) is 12.9. The molecule has 1 amide bonds. The largest absolute Gasteiger partial charge is 0.363 e. The van der Waals surface area contributed by atoms with Gasteiger partial charge in [0.25, 0.3) is 5.91 Å². The van der Waals surface area contributed by atoms with Crippen molar-refractivity contribution >= 4 is 29.0 Å². The van der Waals surface area contributed by atoms with Crippen molar-refractivity contribution in [2.24, 2.45) is 0 Å². The van der Waals surface area contributed by atoms with E-state index in [2.05, 4.69) is 4.98 Å². The molecule has 110 valence electrons. The molecule has 0 fully saturated rings. The number of hydrogen-bond donors (Lipinski definition) is 0. The summed E-state index contributed by atoms with van der Waals surface area (Å²) in [5.74, 6) is 0.575. The number of pyridine rings is 1. The molecule has 0 bridgehead atoms. The van der Waals surface area contributed by atoms with E-state index in [-0.39, 0.29) is 5.91 Å². The number of para-hydroxylation sites is 1. The molecule has 5 heteroatoms. The Morgan fingerprint density at radius 2 is 1.86 bits per heavy atom. The summed E-state index contributed by atoms with van der Waals surface area (Å²) in [5.41, 5.74) is 1.40. The van der Waals surface area contributed by atoms with Crippen molar-refractivity contribution in [1.82, 2.24) is 4.98 Å². The molecular weight excluding hydrogens is 286 g/mol. The number of carbonyl (C=O) groups is 1. The maximum atomic E-state index is 12.7. The van der Waals surface area contributed by atoms with Crippen LogP contribution in [-0.2, 0) is 0 Å². The van der Waals surface area contributed by atoms with E-state index in [0.29, 0.717) is 23.1 Å². The van der Waals surface area contributed by atoms with Gasteiger partial charge in [-0.3, -0.25) is 4.79 Å². The molecule has 2 rings (SSSR count). The number of anilines is 2. The number of rotatable bonds is 4. The van der Waals surface area contributed by atoms with Gasteiger partial charge in [0.2, 0.25) is 0 Å². The number of nitrogens with zero attached hydrogens (tertiary/aromatic N) is 3. The predicted octanol–water partition coefficient (Wildman–Crippen LogP) is 3.47. The van der Waals surface area contributed by atoms with Crippen molar-refractivity contribution in [1.29, 1.82) is 0 Å². The Balaban J connectivity index is 2.38. The highest BCUT2D eigenvalue weighted by molar-refractivity contribution is 6.30. The van der Waals surface area contributed by atoms with E-state index < -0.39 is 0 Å². The van der Waals surface area contributed by atoms with Gasteiger partial charge >= 0.3 is 0 Å². The molecule has 4 nitrogen and oxygen atoms in total. The lowest BCUT2D eigenvalue weighted by atomic mass is 10.2. The highest BCUT2D eigenvalue weighted by Crippen LogP contribution is 2.21. The first-order valence-electron chi connectivity index (χ1n) is 6.74. The van der Waals surface area contributed by atoms with Crippen molar-refractivity contribution in [3.8, 4) is 0 Å². The van der Waals surface area contributed by atoms with Crippen LogP contribution >= 0.6 is 11.6 Å². The average Bonchev–Trinajstić information content (AvgIpc) is 2.48. The quantitative estimate of drug-likeness (QED) is 0.812. The lowest BCUT2D eigenvalue weighted by molar-refractivity contribution is 0.0988. The van der Waals surface area contributed by atoms with Gasteiger partial charge in [-0.15, -0.1) is 0 Å². The molecule has 0 atom stereocenters. The number of aromatic nitrogens is 1. The zero-order chi connectivity index (χ0) is 15.4. The van der Waals surface area contributed by atoms with Crippen LogP contribution in [0.2, 0.25) is 5.15 Å². The number of halogens is 1. The fourth-order valence-corrected chi connectivity index (χ4v) is 2.25. The molecule has 0 aliphatic heterocycles. The monoisotopic (exact) mass is 303 g/mol. The molecule has 1 aromatic heterocycles. The van der Waals surface area contributed by atoms with Crippen LogP contribution in [0.3, 0.4) is 0 Å². The van der Waals surface area contributed by atoms with Crippen molar-refractivity contribution in [3.63, 3.8) is 0 Å². The number of benzene rings is 1. The van der Waals surface area contributed by atoms with Gasteiger partial charge in [0.1, 0.15) is 11.0 Å². The molecule has 0 N–H and O–H groups in total. The first-order chi connectivity index (χ1) is 10.0. The topological polar surface area (TPSA) is 36.4 Å². The van der Waals surface area contributed by atoms with Crippen LogP contribution in [0.15, 0.2) is 42.5 Å². The summed E-state index contributed by atoms with van der Waals surface area (Å²) in [6.45, 7) is 2.53. The van der Waals surface area contributed by atoms with Gasteiger partial charge in [0.15, 0.2) is 0 Å². The molecule has 0 aliphatic rings. The van der Waals surface area contributed by atoms with Crippen LogP contribution < -0.4 is 9.80 Å². The van der Waals surface area contributed by atoms with Crippen molar-refractivity contribution < 1.29 is 4.79 Å². The summed E-state index contributed by atoms with van der Waals surface area (Å²) in [5, 5.41) is 0.314. The normalized spacial score (nSPS) is 10.3. The maximum absolute atomic E-state index is 12.7. The van der Waals surface area contributed by atoms with Gasteiger partial charge in [0.05, 0.1) is 0 Å². The first-order valence-corrected chi connectivity index (χ1v) is 7.12. The van der Waals surface area contributed by atoms with Gasteiger partial charge in [-0.25, -0.2) is 4.98 Å². The Labute approximate surface area is 130 Å². The highest BCUT2D eigenvalue weighted by Gasteiger charge is 2.18. The SMILES string of the molecule is CCN(C(=O)c1cc(Cl)nc(N(C)C)c1)c1ccccc1. The summed E-state index contributed by atoms with van der Waals surface area (Å²) in [6.07, 6.45) is 0. The second-order valence-corrected chi connectivity index (χ2v) is 5.20. The average molecular weight is 304 g/mol. The Morgan fingerprint density at radius 3 is 2.43 bits per heavy atom. The first kappa shape index (κ1) is 15.3. The smallest absolute Gasteiger partial charge is 0.258 e. The van der Waals surface area contributed by atoms with Gasteiger partial charge in [-0.2, -0.15) is 0 Å². The molecule has 0 aliphatic carbocycles. The minimum Gasteiger partial charge on any atom is -0.363 e. The Hall–Kier alpha value is -2.07. The third kappa shape index (κ3) is 3.52. The van der Waals surface area contributed by atoms with Crippen LogP contribution in [0.25, 0.3) is 0 Å². The lowest BCUT2D eigenvalue weighted by Gasteiger charge is -2.22. The van der Waals surface area contributed by atoms with Crippen LogP contribution in [0.4, 0.5) is 11.5 Å².